The average molecular weight is 205 g/mol. The van der Waals surface area contributed by atoms with Crippen LogP contribution >= 0.6 is 0 Å². The number of hydrogen-bond acceptors (Lipinski definition) is 3. The molecule has 1 heterocycles. The second-order valence-corrected chi connectivity index (χ2v) is 3.11. The summed E-state index contributed by atoms with van der Waals surface area (Å²) in [5.41, 5.74) is 0.865. The number of carbonyl (C=O) groups is 1. The molecule has 0 atom stereocenters. The topological polar surface area (TPSA) is 43.1 Å². The molecule has 0 amide bonds. The van der Waals surface area contributed by atoms with Gasteiger partial charge in [-0.05, 0) is 6.07 Å². The van der Waals surface area contributed by atoms with Crippen LogP contribution < -0.4 is 0 Å². The number of ketones is 1. The van der Waals surface area contributed by atoms with E-state index in [0.717, 1.165) is 0 Å². The summed E-state index contributed by atoms with van der Waals surface area (Å²) in [6.45, 7) is 1.36. The molecule has 2 aromatic rings. The standard InChI is InChI=1S/C11H8FNO2/c1-7(14)11-9(6-15-13-11)8-4-2-3-5-10(8)12/h2-6H,1H3. The first-order chi connectivity index (χ1) is 7.20. The minimum Gasteiger partial charge on any atom is -0.363 e. The van der Waals surface area contributed by atoms with Gasteiger partial charge in [0.2, 0.25) is 0 Å². The SMILES string of the molecule is CC(=O)c1nocc1-c1ccccc1F. The lowest BCUT2D eigenvalue weighted by atomic mass is 10.0. The molecule has 0 saturated carbocycles. The Labute approximate surface area is 85.5 Å². The summed E-state index contributed by atoms with van der Waals surface area (Å²) in [5.74, 6) is -0.648. The molecule has 0 unspecified atom stereocenters. The van der Waals surface area contributed by atoms with Crippen LogP contribution in [0.3, 0.4) is 0 Å². The van der Waals surface area contributed by atoms with E-state index < -0.39 is 5.82 Å². The van der Waals surface area contributed by atoms with E-state index in [0.29, 0.717) is 11.1 Å². The zero-order chi connectivity index (χ0) is 10.8. The number of rotatable bonds is 2. The van der Waals surface area contributed by atoms with Gasteiger partial charge in [0.15, 0.2) is 11.5 Å². The predicted molar refractivity (Wildman–Crippen MR) is 51.9 cm³/mol. The van der Waals surface area contributed by atoms with Crippen molar-refractivity contribution in [2.24, 2.45) is 0 Å². The van der Waals surface area contributed by atoms with Gasteiger partial charge in [0.25, 0.3) is 0 Å². The summed E-state index contributed by atoms with van der Waals surface area (Å²) in [7, 11) is 0. The molecule has 0 aliphatic carbocycles. The van der Waals surface area contributed by atoms with E-state index in [-0.39, 0.29) is 11.5 Å². The van der Waals surface area contributed by atoms with Crippen molar-refractivity contribution in [3.8, 4) is 11.1 Å². The number of halogens is 1. The molecule has 2 rings (SSSR count). The molecular formula is C11H8FNO2. The summed E-state index contributed by atoms with van der Waals surface area (Å²) in [5, 5.41) is 3.54. The summed E-state index contributed by atoms with van der Waals surface area (Å²) >= 11 is 0. The Morgan fingerprint density at radius 2 is 2.07 bits per heavy atom. The fourth-order valence-corrected chi connectivity index (χ4v) is 1.36. The van der Waals surface area contributed by atoms with Crippen molar-refractivity contribution in [1.82, 2.24) is 5.16 Å². The van der Waals surface area contributed by atoms with Gasteiger partial charge in [-0.25, -0.2) is 4.39 Å². The lowest BCUT2D eigenvalue weighted by Crippen LogP contribution is -1.95. The van der Waals surface area contributed by atoms with E-state index in [2.05, 4.69) is 9.68 Å². The largest absolute Gasteiger partial charge is 0.363 e. The smallest absolute Gasteiger partial charge is 0.182 e. The van der Waals surface area contributed by atoms with Crippen LogP contribution in [0.25, 0.3) is 11.1 Å². The highest BCUT2D eigenvalue weighted by Crippen LogP contribution is 2.25. The van der Waals surface area contributed by atoms with Gasteiger partial charge in [0.1, 0.15) is 12.1 Å². The Morgan fingerprint density at radius 1 is 1.33 bits per heavy atom. The van der Waals surface area contributed by atoms with Crippen LogP contribution in [-0.4, -0.2) is 10.9 Å². The zero-order valence-electron chi connectivity index (χ0n) is 8.03. The second-order valence-electron chi connectivity index (χ2n) is 3.11. The highest BCUT2D eigenvalue weighted by atomic mass is 19.1. The van der Waals surface area contributed by atoms with Crippen LogP contribution in [0.1, 0.15) is 17.4 Å². The van der Waals surface area contributed by atoms with Gasteiger partial charge in [-0.1, -0.05) is 23.4 Å². The fourth-order valence-electron chi connectivity index (χ4n) is 1.36. The van der Waals surface area contributed by atoms with E-state index in [4.69, 9.17) is 0 Å². The highest BCUT2D eigenvalue weighted by Gasteiger charge is 2.16. The molecule has 15 heavy (non-hydrogen) atoms. The van der Waals surface area contributed by atoms with Gasteiger partial charge in [0.05, 0.1) is 5.56 Å². The number of nitrogens with zero attached hydrogens (tertiary/aromatic N) is 1. The fraction of sp³-hybridized carbons (Fsp3) is 0.0909. The molecule has 0 saturated heterocycles. The third-order valence-corrected chi connectivity index (χ3v) is 2.07. The Kier molecular flexibility index (Phi) is 2.33. The van der Waals surface area contributed by atoms with Gasteiger partial charge in [-0.2, -0.15) is 0 Å². The Bertz CT molecular complexity index is 505. The van der Waals surface area contributed by atoms with Crippen molar-refractivity contribution in [1.29, 1.82) is 0 Å². The van der Waals surface area contributed by atoms with Gasteiger partial charge < -0.3 is 4.52 Å². The highest BCUT2D eigenvalue weighted by molar-refractivity contribution is 5.98. The average Bonchev–Trinajstić information content (AvgIpc) is 2.67. The minimum absolute atomic E-state index is 0.153. The van der Waals surface area contributed by atoms with E-state index >= 15 is 0 Å². The number of aromatic nitrogens is 1. The molecule has 0 N–H and O–H groups in total. The van der Waals surface area contributed by atoms with E-state index in [9.17, 15) is 9.18 Å². The first-order valence-corrected chi connectivity index (χ1v) is 4.40. The van der Waals surface area contributed by atoms with Gasteiger partial charge in [0, 0.05) is 12.5 Å². The molecule has 1 aromatic carbocycles. The van der Waals surface area contributed by atoms with Gasteiger partial charge in [-0.3, -0.25) is 4.79 Å². The van der Waals surface area contributed by atoms with Crippen LogP contribution in [0.2, 0.25) is 0 Å². The molecule has 0 fully saturated rings. The lowest BCUT2D eigenvalue weighted by molar-refractivity contribution is 0.101. The Morgan fingerprint density at radius 3 is 2.73 bits per heavy atom. The summed E-state index contributed by atoms with van der Waals surface area (Å²) < 4.78 is 18.1. The van der Waals surface area contributed by atoms with E-state index in [1.54, 1.807) is 18.2 Å². The zero-order valence-corrected chi connectivity index (χ0v) is 8.03. The molecule has 0 aliphatic rings. The van der Waals surface area contributed by atoms with Crippen molar-refractivity contribution in [3.05, 3.63) is 42.0 Å². The van der Waals surface area contributed by atoms with Crippen molar-refractivity contribution >= 4 is 5.78 Å². The minimum atomic E-state index is -0.400. The first kappa shape index (κ1) is 9.58. The predicted octanol–water partition coefficient (Wildman–Crippen LogP) is 2.68. The summed E-state index contributed by atoms with van der Waals surface area (Å²) in [4.78, 5) is 11.2. The number of Topliss-reactive ketones (excluding diaryl/α,β-unsaturated/α-hetero) is 1. The molecular weight excluding hydrogens is 197 g/mol. The van der Waals surface area contributed by atoms with Crippen LogP contribution in [0.15, 0.2) is 35.1 Å². The van der Waals surface area contributed by atoms with Crippen LogP contribution in [0, 0.1) is 5.82 Å². The van der Waals surface area contributed by atoms with Crippen LogP contribution in [0.4, 0.5) is 4.39 Å². The maximum absolute atomic E-state index is 13.4. The van der Waals surface area contributed by atoms with Crippen molar-refractivity contribution in [2.75, 3.05) is 0 Å². The Hall–Kier alpha value is -1.97. The third kappa shape index (κ3) is 1.66. The van der Waals surface area contributed by atoms with Crippen molar-refractivity contribution in [3.63, 3.8) is 0 Å². The van der Waals surface area contributed by atoms with Gasteiger partial charge >= 0.3 is 0 Å². The van der Waals surface area contributed by atoms with Gasteiger partial charge in [-0.15, -0.1) is 0 Å². The maximum atomic E-state index is 13.4. The van der Waals surface area contributed by atoms with E-state index in [1.807, 2.05) is 0 Å². The van der Waals surface area contributed by atoms with Crippen molar-refractivity contribution < 1.29 is 13.7 Å². The molecule has 0 bridgehead atoms. The van der Waals surface area contributed by atoms with Crippen LogP contribution in [0.5, 0.6) is 0 Å². The second kappa shape index (κ2) is 3.65. The maximum Gasteiger partial charge on any atom is 0.182 e. The molecule has 0 radical (unpaired) electrons. The summed E-state index contributed by atoms with van der Waals surface area (Å²) in [6, 6.07) is 6.18. The summed E-state index contributed by atoms with van der Waals surface area (Å²) in [6.07, 6.45) is 1.27. The van der Waals surface area contributed by atoms with E-state index in [1.165, 1.54) is 19.3 Å². The lowest BCUT2D eigenvalue weighted by Gasteiger charge is -1.99. The normalized spacial score (nSPS) is 10.3. The monoisotopic (exact) mass is 205 g/mol. The Balaban J connectivity index is 2.59. The van der Waals surface area contributed by atoms with Crippen molar-refractivity contribution in [2.45, 2.75) is 6.92 Å². The molecule has 4 heteroatoms. The molecule has 3 nitrogen and oxygen atoms in total. The first-order valence-electron chi connectivity index (χ1n) is 4.40. The number of carbonyl (C=O) groups excluding carboxylic acids is 1. The molecule has 0 aliphatic heterocycles. The molecule has 1 aromatic heterocycles. The molecule has 76 valence electrons. The molecule has 0 spiro atoms. The quantitative estimate of drug-likeness (QED) is 0.708. The third-order valence-electron chi connectivity index (χ3n) is 2.07. The van der Waals surface area contributed by atoms with Crippen LogP contribution in [-0.2, 0) is 0 Å². The number of benzene rings is 1. The number of hydrogen-bond donors (Lipinski definition) is 0.